The monoisotopic (exact) mass is 202 g/mol. The Morgan fingerprint density at radius 1 is 1.31 bits per heavy atom. The third kappa shape index (κ3) is 18.2. The molecule has 0 aliphatic carbocycles. The number of aryl methyl sites for hydroxylation is 1. The van der Waals surface area contributed by atoms with Gasteiger partial charge in [-0.05, 0) is 6.92 Å². The lowest BCUT2D eigenvalue weighted by Gasteiger charge is -1.85. The molecule has 0 aliphatic heterocycles. The summed E-state index contributed by atoms with van der Waals surface area (Å²) in [5.41, 5.74) is 1.32. The van der Waals surface area contributed by atoms with Crippen LogP contribution in [0.25, 0.3) is 0 Å². The van der Waals surface area contributed by atoms with Gasteiger partial charge in [0, 0.05) is 11.3 Å². The normalized spacial score (nSPS) is 9.77. The van der Waals surface area contributed by atoms with Gasteiger partial charge in [-0.25, -0.2) is 0 Å². The summed E-state index contributed by atoms with van der Waals surface area (Å²) in [5, 5.41) is 4.03. The van der Waals surface area contributed by atoms with Crippen LogP contribution in [0.3, 0.4) is 0 Å². The first-order valence-electron chi connectivity index (χ1n) is 3.27. The van der Waals surface area contributed by atoms with Gasteiger partial charge in [-0.2, -0.15) is 0 Å². The minimum Gasteiger partial charge on any atom is -0.760 e. The van der Waals surface area contributed by atoms with Crippen LogP contribution in [0.15, 0.2) is 30.3 Å². The zero-order valence-electron chi connectivity index (χ0n) is 7.30. The second-order valence-corrected chi connectivity index (χ2v) is 2.44. The maximum atomic E-state index is 8.78. The first kappa shape index (κ1) is 14.5. The Bertz CT molecular complexity index is 224. The summed E-state index contributed by atoms with van der Waals surface area (Å²) in [7, 11) is 0. The fourth-order valence-corrected chi connectivity index (χ4v) is 0.534. The van der Waals surface area contributed by atoms with E-state index in [2.05, 4.69) is 24.2 Å². The zero-order chi connectivity index (χ0) is 10.7. The number of carbonyl (C=O) groups excluding carboxylic acids is 1. The van der Waals surface area contributed by atoms with Crippen LogP contribution in [-0.4, -0.2) is 15.6 Å². The summed E-state index contributed by atoms with van der Waals surface area (Å²) >= 11 is -2.36. The van der Waals surface area contributed by atoms with E-state index >= 15 is 0 Å². The van der Waals surface area contributed by atoms with Crippen molar-refractivity contribution < 1.29 is 13.6 Å². The molecule has 1 unspecified atom stereocenters. The van der Waals surface area contributed by atoms with Crippen LogP contribution in [0.1, 0.15) is 5.56 Å². The number of nitrogens with two attached hydrogens (primary N) is 1. The fourth-order valence-electron chi connectivity index (χ4n) is 0.534. The maximum Gasteiger partial charge on any atom is 0.106 e. The Morgan fingerprint density at radius 2 is 1.62 bits per heavy atom. The standard InChI is InChI=1S/C7H8.CH2O.H3NO2S/c1-7-5-3-2-4-6-7;1-2;1-4(2)3/h2-6H,1H3;1H2;1H2,(H,2,3)/p-1. The van der Waals surface area contributed by atoms with Gasteiger partial charge in [-0.15, -0.1) is 0 Å². The molecule has 0 saturated carbocycles. The van der Waals surface area contributed by atoms with Gasteiger partial charge in [0.05, 0.1) is 0 Å². The summed E-state index contributed by atoms with van der Waals surface area (Å²) in [5.74, 6) is 0. The van der Waals surface area contributed by atoms with E-state index in [4.69, 9.17) is 13.6 Å². The van der Waals surface area contributed by atoms with Crippen molar-refractivity contribution in [2.75, 3.05) is 0 Å². The molecule has 1 rings (SSSR count). The van der Waals surface area contributed by atoms with Gasteiger partial charge in [0.2, 0.25) is 0 Å². The largest absolute Gasteiger partial charge is 0.760 e. The lowest BCUT2D eigenvalue weighted by atomic mass is 10.2. The summed E-state index contributed by atoms with van der Waals surface area (Å²) in [4.78, 5) is 8.00. The van der Waals surface area contributed by atoms with Gasteiger partial charge in [0.1, 0.15) is 6.79 Å². The zero-order valence-corrected chi connectivity index (χ0v) is 8.12. The van der Waals surface area contributed by atoms with E-state index in [0.717, 1.165) is 0 Å². The van der Waals surface area contributed by atoms with E-state index < -0.39 is 11.3 Å². The lowest BCUT2D eigenvalue weighted by molar-refractivity contribution is -0.0979. The SMILES string of the molecule is C=O.Cc1ccccc1.NS(=O)[O-]. The highest BCUT2D eigenvalue weighted by Crippen LogP contribution is 1.92. The minimum atomic E-state index is -2.36. The Kier molecular flexibility index (Phi) is 12.2. The van der Waals surface area contributed by atoms with Crippen molar-refractivity contribution in [2.45, 2.75) is 6.92 Å². The molecule has 74 valence electrons. The van der Waals surface area contributed by atoms with Gasteiger partial charge in [-0.1, -0.05) is 35.9 Å². The quantitative estimate of drug-likeness (QED) is 0.623. The molecular weight excluding hydrogens is 190 g/mol. The van der Waals surface area contributed by atoms with E-state index in [1.54, 1.807) is 0 Å². The van der Waals surface area contributed by atoms with Crippen molar-refractivity contribution in [3.8, 4) is 0 Å². The predicted octanol–water partition coefficient (Wildman–Crippen LogP) is 0.549. The molecule has 5 heteroatoms. The van der Waals surface area contributed by atoms with Gasteiger partial charge in [0.15, 0.2) is 0 Å². The molecule has 0 heterocycles. The Morgan fingerprint density at radius 3 is 1.77 bits per heavy atom. The van der Waals surface area contributed by atoms with E-state index in [-0.39, 0.29) is 0 Å². The van der Waals surface area contributed by atoms with Crippen molar-refractivity contribution in [3.05, 3.63) is 35.9 Å². The second-order valence-electron chi connectivity index (χ2n) is 1.92. The summed E-state index contributed by atoms with van der Waals surface area (Å²) in [6.45, 7) is 4.08. The first-order chi connectivity index (χ1) is 6.13. The van der Waals surface area contributed by atoms with Crippen molar-refractivity contribution >= 4 is 18.1 Å². The fraction of sp³-hybridized carbons (Fsp3) is 0.125. The van der Waals surface area contributed by atoms with Gasteiger partial charge in [-0.3, -0.25) is 9.35 Å². The van der Waals surface area contributed by atoms with Crippen LogP contribution in [0, 0.1) is 6.92 Å². The number of carbonyl (C=O) groups is 1. The lowest BCUT2D eigenvalue weighted by Crippen LogP contribution is -1.97. The summed E-state index contributed by atoms with van der Waals surface area (Å²) < 4.78 is 17.6. The van der Waals surface area contributed by atoms with Crippen LogP contribution in [0.2, 0.25) is 0 Å². The predicted molar refractivity (Wildman–Crippen MR) is 51.4 cm³/mol. The molecular formula is C8H12NO3S-. The second kappa shape index (κ2) is 11.0. The van der Waals surface area contributed by atoms with E-state index in [9.17, 15) is 0 Å². The average molecular weight is 202 g/mol. The average Bonchev–Trinajstić information content (AvgIpc) is 2.08. The van der Waals surface area contributed by atoms with Crippen molar-refractivity contribution in [1.29, 1.82) is 0 Å². The molecule has 0 spiro atoms. The first-order valence-corrected chi connectivity index (χ1v) is 4.41. The molecule has 1 atom stereocenters. The molecule has 1 aromatic carbocycles. The Labute approximate surface area is 80.2 Å². The van der Waals surface area contributed by atoms with Crippen LogP contribution < -0.4 is 5.14 Å². The molecule has 0 bridgehead atoms. The molecule has 0 radical (unpaired) electrons. The smallest absolute Gasteiger partial charge is 0.106 e. The Balaban J connectivity index is 0. The van der Waals surface area contributed by atoms with Crippen LogP contribution in [0.4, 0.5) is 0 Å². The highest BCUT2D eigenvalue weighted by Gasteiger charge is 1.72. The van der Waals surface area contributed by atoms with Crippen LogP contribution in [-0.2, 0) is 16.1 Å². The molecule has 0 saturated heterocycles. The topological polar surface area (TPSA) is 83.2 Å². The van der Waals surface area contributed by atoms with Crippen molar-refractivity contribution in [2.24, 2.45) is 5.14 Å². The van der Waals surface area contributed by atoms with E-state index in [1.807, 2.05) is 25.0 Å². The van der Waals surface area contributed by atoms with Crippen LogP contribution >= 0.6 is 0 Å². The van der Waals surface area contributed by atoms with Crippen molar-refractivity contribution in [3.63, 3.8) is 0 Å². The molecule has 0 fully saturated rings. The third-order valence-corrected chi connectivity index (χ3v) is 0.940. The maximum absolute atomic E-state index is 8.78. The third-order valence-electron chi connectivity index (χ3n) is 0.940. The highest BCUT2D eigenvalue weighted by atomic mass is 32.2. The van der Waals surface area contributed by atoms with Gasteiger partial charge < -0.3 is 9.35 Å². The highest BCUT2D eigenvalue weighted by molar-refractivity contribution is 7.76. The van der Waals surface area contributed by atoms with E-state index in [1.165, 1.54) is 5.56 Å². The molecule has 0 amide bonds. The molecule has 1 aromatic rings. The number of rotatable bonds is 0. The molecule has 2 N–H and O–H groups in total. The summed E-state index contributed by atoms with van der Waals surface area (Å²) in [6, 6.07) is 10.3. The molecule has 0 aliphatic rings. The van der Waals surface area contributed by atoms with Crippen LogP contribution in [0.5, 0.6) is 0 Å². The molecule has 0 aromatic heterocycles. The Hall–Kier alpha value is -1.04. The number of benzene rings is 1. The molecule has 4 nitrogen and oxygen atoms in total. The minimum absolute atomic E-state index is 1.32. The number of hydrogen-bond acceptors (Lipinski definition) is 3. The van der Waals surface area contributed by atoms with Gasteiger partial charge >= 0.3 is 0 Å². The van der Waals surface area contributed by atoms with Crippen molar-refractivity contribution in [1.82, 2.24) is 0 Å². The summed E-state index contributed by atoms with van der Waals surface area (Å²) in [6.07, 6.45) is 0. The van der Waals surface area contributed by atoms with E-state index in [0.29, 0.717) is 0 Å². The molecule has 13 heavy (non-hydrogen) atoms. The number of hydrogen-bond donors (Lipinski definition) is 1. The van der Waals surface area contributed by atoms with Gasteiger partial charge in [0.25, 0.3) is 0 Å².